The molecule has 0 aromatic heterocycles. The van der Waals surface area contributed by atoms with Crippen molar-refractivity contribution in [3.05, 3.63) is 16.7 Å². The number of carboxylic acid groups (broad SMARTS) is 1. The van der Waals surface area contributed by atoms with Gasteiger partial charge < -0.3 is 20.1 Å². The predicted octanol–water partition coefficient (Wildman–Crippen LogP) is 8.17. The van der Waals surface area contributed by atoms with Crippen LogP contribution in [0.1, 0.15) is 138 Å². The van der Waals surface area contributed by atoms with E-state index in [1.165, 1.54) is 71.3 Å². The molecular weight excluding hydrogens is 416 g/mol. The second-order valence-corrected chi connectivity index (χ2v) is 9.32. The molecule has 0 radical (unpaired) electrons. The van der Waals surface area contributed by atoms with Gasteiger partial charge in [-0.2, -0.15) is 0 Å². The van der Waals surface area contributed by atoms with Gasteiger partial charge in [-0.25, -0.2) is 4.79 Å². The predicted molar refractivity (Wildman–Crippen MR) is 136 cm³/mol. The molecule has 0 spiro atoms. The van der Waals surface area contributed by atoms with Crippen molar-refractivity contribution >= 4 is 5.97 Å². The van der Waals surface area contributed by atoms with Gasteiger partial charge in [0.15, 0.2) is 11.5 Å². The van der Waals surface area contributed by atoms with Crippen molar-refractivity contribution < 1.29 is 24.9 Å². The normalized spacial score (nSPS) is 11.1. The first kappa shape index (κ1) is 29.1. The zero-order valence-corrected chi connectivity index (χ0v) is 21.4. The second kappa shape index (κ2) is 17.6. The molecule has 5 heteroatoms. The molecule has 1 rings (SSSR count). The fraction of sp³-hybridized carbons (Fsp3) is 0.750. The van der Waals surface area contributed by atoms with E-state index in [4.69, 9.17) is 4.74 Å². The number of phenols is 2. The topological polar surface area (TPSA) is 87.0 Å². The molecule has 0 atom stereocenters. The lowest BCUT2D eigenvalue weighted by Gasteiger charge is -2.19. The molecule has 0 saturated heterocycles. The van der Waals surface area contributed by atoms with Crippen LogP contribution in [-0.2, 0) is 12.8 Å². The summed E-state index contributed by atoms with van der Waals surface area (Å²) < 4.78 is 5.47. The van der Waals surface area contributed by atoms with E-state index in [1.807, 2.05) is 0 Å². The van der Waals surface area contributed by atoms with Gasteiger partial charge in [-0.1, -0.05) is 104 Å². The number of rotatable bonds is 20. The fourth-order valence-electron chi connectivity index (χ4n) is 4.63. The maximum absolute atomic E-state index is 11.8. The SMILES string of the molecule is CCCCCCCCCCc1c(O)c(O)c(C(=O)O)c(OC)c1CCCCCCCCCC. The first-order valence-corrected chi connectivity index (χ1v) is 13.4. The summed E-state index contributed by atoms with van der Waals surface area (Å²) in [4.78, 5) is 11.8. The van der Waals surface area contributed by atoms with Gasteiger partial charge in [0.1, 0.15) is 11.3 Å². The molecule has 0 fully saturated rings. The molecule has 0 heterocycles. The summed E-state index contributed by atoms with van der Waals surface area (Å²) in [5.41, 5.74) is 1.08. The Bertz CT molecular complexity index is 684. The number of hydrogen-bond donors (Lipinski definition) is 3. The third kappa shape index (κ3) is 10.3. The highest BCUT2D eigenvalue weighted by molar-refractivity contribution is 5.96. The maximum atomic E-state index is 11.8. The molecule has 0 aliphatic heterocycles. The van der Waals surface area contributed by atoms with Crippen molar-refractivity contribution in [1.29, 1.82) is 0 Å². The van der Waals surface area contributed by atoms with Crippen molar-refractivity contribution in [3.63, 3.8) is 0 Å². The quantitative estimate of drug-likeness (QED) is 0.134. The molecule has 0 aliphatic carbocycles. The standard InChI is InChI=1S/C28H48O5/c1-4-6-8-10-12-14-16-18-20-22-23(21-19-17-15-13-11-9-7-5-2)27(33-3)24(28(31)32)26(30)25(22)29/h29-30H,4-21H2,1-3H3,(H,31,32). The number of methoxy groups -OCH3 is 1. The summed E-state index contributed by atoms with van der Waals surface area (Å²) in [5, 5.41) is 30.7. The van der Waals surface area contributed by atoms with Crippen LogP contribution in [0.2, 0.25) is 0 Å². The molecule has 0 saturated carbocycles. The third-order valence-corrected chi connectivity index (χ3v) is 6.59. The number of ether oxygens (including phenoxy) is 1. The van der Waals surface area contributed by atoms with E-state index in [1.54, 1.807) is 0 Å². The minimum Gasteiger partial charge on any atom is -0.504 e. The summed E-state index contributed by atoms with van der Waals surface area (Å²) in [6.07, 6.45) is 20.2. The highest BCUT2D eigenvalue weighted by Gasteiger charge is 2.27. The molecule has 190 valence electrons. The number of phenolic OH excluding ortho intramolecular Hbond substituents is 1. The lowest BCUT2D eigenvalue weighted by atomic mass is 9.91. The van der Waals surface area contributed by atoms with Crippen LogP contribution >= 0.6 is 0 Å². The van der Waals surface area contributed by atoms with Gasteiger partial charge >= 0.3 is 5.97 Å². The maximum Gasteiger partial charge on any atom is 0.343 e. The third-order valence-electron chi connectivity index (χ3n) is 6.59. The van der Waals surface area contributed by atoms with E-state index in [9.17, 15) is 20.1 Å². The minimum atomic E-state index is -1.28. The number of hydrogen-bond acceptors (Lipinski definition) is 4. The Morgan fingerprint density at radius 2 is 1.03 bits per heavy atom. The van der Waals surface area contributed by atoms with Gasteiger partial charge in [-0.15, -0.1) is 0 Å². The van der Waals surface area contributed by atoms with Crippen molar-refractivity contribution in [2.45, 2.75) is 129 Å². The van der Waals surface area contributed by atoms with Crippen molar-refractivity contribution in [2.24, 2.45) is 0 Å². The second-order valence-electron chi connectivity index (χ2n) is 9.32. The lowest BCUT2D eigenvalue weighted by Crippen LogP contribution is -2.08. The highest BCUT2D eigenvalue weighted by Crippen LogP contribution is 2.44. The highest BCUT2D eigenvalue weighted by atomic mass is 16.5. The number of aromatic carboxylic acids is 1. The zero-order valence-electron chi connectivity index (χ0n) is 21.4. The first-order chi connectivity index (χ1) is 16.0. The molecule has 0 unspecified atom stereocenters. The number of carboxylic acids is 1. The van der Waals surface area contributed by atoms with Crippen molar-refractivity contribution in [1.82, 2.24) is 0 Å². The summed E-state index contributed by atoms with van der Waals surface area (Å²) in [7, 11) is 1.44. The van der Waals surface area contributed by atoms with E-state index in [2.05, 4.69) is 13.8 Å². The van der Waals surface area contributed by atoms with E-state index in [0.717, 1.165) is 44.1 Å². The molecule has 33 heavy (non-hydrogen) atoms. The van der Waals surface area contributed by atoms with Gasteiger partial charge in [-0.05, 0) is 25.7 Å². The van der Waals surface area contributed by atoms with Gasteiger partial charge in [0.05, 0.1) is 7.11 Å². The first-order valence-electron chi connectivity index (χ1n) is 13.4. The smallest absolute Gasteiger partial charge is 0.343 e. The van der Waals surface area contributed by atoms with Crippen LogP contribution in [0, 0.1) is 0 Å². The van der Waals surface area contributed by atoms with Crippen LogP contribution in [0.25, 0.3) is 0 Å². The lowest BCUT2D eigenvalue weighted by molar-refractivity contribution is 0.0688. The van der Waals surface area contributed by atoms with Crippen LogP contribution < -0.4 is 4.74 Å². The van der Waals surface area contributed by atoms with Crippen molar-refractivity contribution in [3.8, 4) is 17.2 Å². The zero-order chi connectivity index (χ0) is 24.5. The Morgan fingerprint density at radius 1 is 0.636 bits per heavy atom. The van der Waals surface area contributed by atoms with Crippen molar-refractivity contribution in [2.75, 3.05) is 7.11 Å². The largest absolute Gasteiger partial charge is 0.504 e. The average Bonchev–Trinajstić information content (AvgIpc) is 2.80. The van der Waals surface area contributed by atoms with E-state index in [0.29, 0.717) is 18.4 Å². The number of unbranched alkanes of at least 4 members (excludes halogenated alkanes) is 14. The number of carbonyl (C=O) groups is 1. The van der Waals surface area contributed by atoms with Crippen LogP contribution in [0.3, 0.4) is 0 Å². The van der Waals surface area contributed by atoms with E-state index < -0.39 is 11.7 Å². The minimum absolute atomic E-state index is 0.204. The molecule has 0 amide bonds. The fourth-order valence-corrected chi connectivity index (χ4v) is 4.63. The van der Waals surface area contributed by atoms with Crippen LogP contribution in [0.15, 0.2) is 0 Å². The summed E-state index contributed by atoms with van der Waals surface area (Å²) in [6, 6.07) is 0. The van der Waals surface area contributed by atoms with Crippen LogP contribution in [0.5, 0.6) is 17.2 Å². The van der Waals surface area contributed by atoms with Gasteiger partial charge in [0, 0.05) is 11.1 Å². The van der Waals surface area contributed by atoms with E-state index in [-0.39, 0.29) is 17.1 Å². The Morgan fingerprint density at radius 3 is 1.42 bits per heavy atom. The van der Waals surface area contributed by atoms with Crippen LogP contribution in [-0.4, -0.2) is 28.4 Å². The molecule has 0 aliphatic rings. The van der Waals surface area contributed by atoms with Crippen LogP contribution in [0.4, 0.5) is 0 Å². The van der Waals surface area contributed by atoms with Gasteiger partial charge in [0.2, 0.25) is 0 Å². The summed E-state index contributed by atoms with van der Waals surface area (Å²) in [5.74, 6) is -1.94. The molecule has 5 nitrogen and oxygen atoms in total. The summed E-state index contributed by atoms with van der Waals surface area (Å²) in [6.45, 7) is 4.44. The number of benzene rings is 1. The Labute approximate surface area is 201 Å². The Hall–Kier alpha value is -1.91. The Kier molecular flexibility index (Phi) is 15.5. The van der Waals surface area contributed by atoms with E-state index >= 15 is 0 Å². The number of aromatic hydroxyl groups is 2. The average molecular weight is 465 g/mol. The van der Waals surface area contributed by atoms with Gasteiger partial charge in [-0.3, -0.25) is 0 Å². The summed E-state index contributed by atoms with van der Waals surface area (Å²) >= 11 is 0. The molecule has 3 N–H and O–H groups in total. The molecule has 0 bridgehead atoms. The molecule has 1 aromatic rings. The monoisotopic (exact) mass is 464 g/mol. The Balaban J connectivity index is 2.80. The molecule has 1 aromatic carbocycles. The molecular formula is C28H48O5. The van der Waals surface area contributed by atoms with Gasteiger partial charge in [0.25, 0.3) is 0 Å².